The highest BCUT2D eigenvalue weighted by Gasteiger charge is 2.34. The third-order valence-electron chi connectivity index (χ3n) is 3.77. The van der Waals surface area contributed by atoms with E-state index in [0.29, 0.717) is 13.1 Å². The van der Waals surface area contributed by atoms with Gasteiger partial charge >= 0.3 is 6.18 Å². The fraction of sp³-hybridized carbons (Fsp3) is 0.533. The van der Waals surface area contributed by atoms with Crippen LogP contribution in [0.3, 0.4) is 0 Å². The number of carbonyl (C=O) groups is 1. The van der Waals surface area contributed by atoms with Gasteiger partial charge in [-0.1, -0.05) is 11.8 Å². The molecule has 0 aromatic carbocycles. The van der Waals surface area contributed by atoms with Crippen molar-refractivity contribution in [2.24, 2.45) is 0 Å². The van der Waals surface area contributed by atoms with E-state index in [1.54, 1.807) is 4.90 Å². The number of nitrogens with zero attached hydrogens (tertiary/aromatic N) is 4. The molecule has 1 aromatic rings. The zero-order chi connectivity index (χ0) is 17.9. The van der Waals surface area contributed by atoms with Crippen molar-refractivity contribution in [3.05, 3.63) is 22.9 Å². The minimum Gasteiger partial charge on any atom is -0.339 e. The maximum absolute atomic E-state index is 12.9. The molecule has 1 aliphatic heterocycles. The Bertz CT molecular complexity index is 664. The largest absolute Gasteiger partial charge is 0.433 e. The molecule has 2 rings (SSSR count). The van der Waals surface area contributed by atoms with Gasteiger partial charge < -0.3 is 9.80 Å². The number of aromatic nitrogens is 1. The molecule has 24 heavy (non-hydrogen) atoms. The second-order valence-corrected chi connectivity index (χ2v) is 6.55. The second kappa shape index (κ2) is 7.40. The molecule has 5 nitrogen and oxygen atoms in total. The summed E-state index contributed by atoms with van der Waals surface area (Å²) < 4.78 is 38.6. The predicted octanol–water partition coefficient (Wildman–Crippen LogP) is 2.15. The summed E-state index contributed by atoms with van der Waals surface area (Å²) in [5.41, 5.74) is -0.762. The molecule has 1 aliphatic rings. The van der Waals surface area contributed by atoms with Crippen LogP contribution in [0.5, 0.6) is 0 Å². The molecular formula is C15H17F3N4OS. The van der Waals surface area contributed by atoms with Gasteiger partial charge in [-0.15, -0.1) is 0 Å². The molecule has 1 saturated heterocycles. The Hall–Kier alpha value is -1.79. The molecular weight excluding hydrogens is 341 g/mol. The number of halogens is 3. The SMILES string of the molecule is Cc1cc(C(F)(F)F)nc(SCC(=O)N2CCN(C)CC2)c1C#N. The molecule has 0 radical (unpaired) electrons. The number of nitriles is 1. The monoisotopic (exact) mass is 358 g/mol. The van der Waals surface area contributed by atoms with Crippen LogP contribution in [0.15, 0.2) is 11.1 Å². The van der Waals surface area contributed by atoms with Crippen LogP contribution in [-0.2, 0) is 11.0 Å². The molecule has 0 saturated carbocycles. The smallest absolute Gasteiger partial charge is 0.339 e. The first-order valence-corrected chi connectivity index (χ1v) is 8.29. The summed E-state index contributed by atoms with van der Waals surface area (Å²) in [6.45, 7) is 4.15. The molecule has 0 bridgehead atoms. The molecule has 0 aliphatic carbocycles. The average Bonchev–Trinajstić information content (AvgIpc) is 2.52. The summed E-state index contributed by atoms with van der Waals surface area (Å²) in [6, 6.07) is 2.72. The number of amides is 1. The first-order valence-electron chi connectivity index (χ1n) is 7.30. The maximum Gasteiger partial charge on any atom is 0.433 e. The van der Waals surface area contributed by atoms with Crippen molar-refractivity contribution < 1.29 is 18.0 Å². The number of pyridine rings is 1. The minimum absolute atomic E-state index is 0.0356. The first-order chi connectivity index (χ1) is 11.2. The summed E-state index contributed by atoms with van der Waals surface area (Å²) in [5, 5.41) is 9.10. The number of carbonyl (C=O) groups excluding carboxylic acids is 1. The Labute approximate surface area is 142 Å². The first kappa shape index (κ1) is 18.5. The van der Waals surface area contributed by atoms with Gasteiger partial charge in [-0.3, -0.25) is 4.79 Å². The van der Waals surface area contributed by atoms with Crippen LogP contribution in [0.25, 0.3) is 0 Å². The van der Waals surface area contributed by atoms with Crippen molar-refractivity contribution in [2.45, 2.75) is 18.1 Å². The molecule has 130 valence electrons. The van der Waals surface area contributed by atoms with E-state index in [9.17, 15) is 18.0 Å². The van der Waals surface area contributed by atoms with Gasteiger partial charge in [0, 0.05) is 26.2 Å². The third kappa shape index (κ3) is 4.39. The van der Waals surface area contributed by atoms with Gasteiger partial charge in [0.1, 0.15) is 16.8 Å². The third-order valence-corrected chi connectivity index (χ3v) is 4.73. The Kier molecular flexibility index (Phi) is 5.72. The lowest BCUT2D eigenvalue weighted by Gasteiger charge is -2.32. The van der Waals surface area contributed by atoms with E-state index in [1.807, 2.05) is 13.1 Å². The Morgan fingerprint density at radius 3 is 2.54 bits per heavy atom. The number of aryl methyl sites for hydroxylation is 1. The van der Waals surface area contributed by atoms with Crippen molar-refractivity contribution in [1.29, 1.82) is 5.26 Å². The predicted molar refractivity (Wildman–Crippen MR) is 83.5 cm³/mol. The van der Waals surface area contributed by atoms with Crippen LogP contribution < -0.4 is 0 Å². The van der Waals surface area contributed by atoms with E-state index in [-0.39, 0.29) is 27.8 Å². The van der Waals surface area contributed by atoms with Crippen molar-refractivity contribution in [3.63, 3.8) is 0 Å². The quantitative estimate of drug-likeness (QED) is 0.775. The van der Waals surface area contributed by atoms with Gasteiger partial charge in [0.2, 0.25) is 5.91 Å². The summed E-state index contributed by atoms with van der Waals surface area (Å²) in [5.74, 6) is -0.194. The average molecular weight is 358 g/mol. The van der Waals surface area contributed by atoms with Crippen LogP contribution >= 0.6 is 11.8 Å². The highest BCUT2D eigenvalue weighted by molar-refractivity contribution is 8.00. The molecule has 0 spiro atoms. The molecule has 1 aromatic heterocycles. The number of likely N-dealkylation sites (N-methyl/N-ethyl adjacent to an activating group) is 1. The van der Waals surface area contributed by atoms with Gasteiger partial charge in [-0.2, -0.15) is 18.4 Å². The zero-order valence-electron chi connectivity index (χ0n) is 13.4. The molecule has 0 atom stereocenters. The normalized spacial score (nSPS) is 16.1. The standard InChI is InChI=1S/C15H17F3N4OS/c1-10-7-12(15(16,17)18)20-14(11(10)8-19)24-9-13(23)22-5-3-21(2)4-6-22/h7H,3-6,9H2,1-2H3. The van der Waals surface area contributed by atoms with Gasteiger partial charge in [-0.25, -0.2) is 4.98 Å². The number of alkyl halides is 3. The minimum atomic E-state index is -4.59. The van der Waals surface area contributed by atoms with Gasteiger partial charge in [0.15, 0.2) is 0 Å². The maximum atomic E-state index is 12.9. The van der Waals surface area contributed by atoms with E-state index in [2.05, 4.69) is 9.88 Å². The summed E-state index contributed by atoms with van der Waals surface area (Å²) in [6.07, 6.45) is -4.59. The Morgan fingerprint density at radius 1 is 1.38 bits per heavy atom. The highest BCUT2D eigenvalue weighted by Crippen LogP contribution is 2.32. The highest BCUT2D eigenvalue weighted by atomic mass is 32.2. The van der Waals surface area contributed by atoms with Crippen molar-refractivity contribution in [3.8, 4) is 6.07 Å². The van der Waals surface area contributed by atoms with E-state index in [4.69, 9.17) is 5.26 Å². The van der Waals surface area contributed by atoms with E-state index in [1.165, 1.54) is 6.92 Å². The van der Waals surface area contributed by atoms with Gasteiger partial charge in [-0.05, 0) is 25.6 Å². The van der Waals surface area contributed by atoms with Crippen LogP contribution in [0.1, 0.15) is 16.8 Å². The molecule has 1 amide bonds. The summed E-state index contributed by atoms with van der Waals surface area (Å²) >= 11 is 0.880. The number of hydrogen-bond acceptors (Lipinski definition) is 5. The van der Waals surface area contributed by atoms with Gasteiger partial charge in [0.25, 0.3) is 0 Å². The van der Waals surface area contributed by atoms with Crippen molar-refractivity contribution >= 4 is 17.7 Å². The van der Waals surface area contributed by atoms with Crippen LogP contribution in [0, 0.1) is 18.3 Å². The lowest BCUT2D eigenvalue weighted by Crippen LogP contribution is -2.47. The number of thioether (sulfide) groups is 1. The molecule has 1 fully saturated rings. The number of rotatable bonds is 3. The van der Waals surface area contributed by atoms with Crippen LogP contribution in [0.4, 0.5) is 13.2 Å². The number of piperazine rings is 1. The molecule has 0 N–H and O–H groups in total. The Balaban J connectivity index is 2.12. The fourth-order valence-corrected chi connectivity index (χ4v) is 3.26. The van der Waals surface area contributed by atoms with Gasteiger partial charge in [0.05, 0.1) is 11.3 Å². The summed E-state index contributed by atoms with van der Waals surface area (Å²) in [4.78, 5) is 19.5. The molecule has 2 heterocycles. The van der Waals surface area contributed by atoms with E-state index >= 15 is 0 Å². The lowest BCUT2D eigenvalue weighted by molar-refractivity contribution is -0.141. The molecule has 9 heteroatoms. The number of hydrogen-bond donors (Lipinski definition) is 0. The lowest BCUT2D eigenvalue weighted by atomic mass is 10.1. The Morgan fingerprint density at radius 2 is 2.00 bits per heavy atom. The van der Waals surface area contributed by atoms with Crippen molar-refractivity contribution in [2.75, 3.05) is 39.0 Å². The van der Waals surface area contributed by atoms with E-state index < -0.39 is 11.9 Å². The topological polar surface area (TPSA) is 60.2 Å². The fourth-order valence-electron chi connectivity index (χ4n) is 2.31. The summed E-state index contributed by atoms with van der Waals surface area (Å²) in [7, 11) is 1.96. The zero-order valence-corrected chi connectivity index (χ0v) is 14.2. The van der Waals surface area contributed by atoms with E-state index in [0.717, 1.165) is 30.9 Å². The second-order valence-electron chi connectivity index (χ2n) is 5.59. The molecule has 0 unspecified atom stereocenters. The van der Waals surface area contributed by atoms with Crippen LogP contribution in [0.2, 0.25) is 0 Å². The van der Waals surface area contributed by atoms with Crippen LogP contribution in [-0.4, -0.2) is 59.7 Å². The van der Waals surface area contributed by atoms with Crippen molar-refractivity contribution in [1.82, 2.24) is 14.8 Å².